The van der Waals surface area contributed by atoms with E-state index in [1.807, 2.05) is 0 Å². The van der Waals surface area contributed by atoms with Gasteiger partial charge in [-0.2, -0.15) is 0 Å². The van der Waals surface area contributed by atoms with Crippen LogP contribution in [0.2, 0.25) is 0 Å². The van der Waals surface area contributed by atoms with Crippen molar-refractivity contribution in [1.29, 1.82) is 0 Å². The summed E-state index contributed by atoms with van der Waals surface area (Å²) in [6.45, 7) is 1.93. The minimum absolute atomic E-state index is 0.230. The molecule has 0 bridgehead atoms. The van der Waals surface area contributed by atoms with Crippen molar-refractivity contribution in [3.63, 3.8) is 0 Å². The molecule has 1 fully saturated rings. The van der Waals surface area contributed by atoms with Gasteiger partial charge in [0.2, 0.25) is 0 Å². The Bertz CT molecular complexity index is 127. The molecule has 1 aliphatic heterocycles. The minimum atomic E-state index is -0.230. The number of halogens is 1. The van der Waals surface area contributed by atoms with Crippen LogP contribution in [0.5, 0.6) is 0 Å². The highest BCUT2D eigenvalue weighted by molar-refractivity contribution is 6.18. The highest BCUT2D eigenvalue weighted by Gasteiger charge is 2.17. The lowest BCUT2D eigenvalue weighted by Crippen LogP contribution is -2.38. The number of carbonyl (C=O) groups excluding carboxylic acids is 1. The standard InChI is InChI=1S/C6H10ClNO2/c7-2-4-8-3-1-5-10-6(8)9/h1-5H2. The predicted molar refractivity (Wildman–Crippen MR) is 38.3 cm³/mol. The maximum Gasteiger partial charge on any atom is 0.409 e. The summed E-state index contributed by atoms with van der Waals surface area (Å²) in [6, 6.07) is 0. The Hall–Kier alpha value is -0.440. The van der Waals surface area contributed by atoms with E-state index in [9.17, 15) is 4.79 Å². The Morgan fingerprint density at radius 3 is 3.10 bits per heavy atom. The van der Waals surface area contributed by atoms with Gasteiger partial charge in [-0.05, 0) is 6.42 Å². The van der Waals surface area contributed by atoms with Crippen LogP contribution in [-0.2, 0) is 4.74 Å². The van der Waals surface area contributed by atoms with Crippen molar-refractivity contribution < 1.29 is 9.53 Å². The van der Waals surface area contributed by atoms with Gasteiger partial charge in [-0.25, -0.2) is 4.79 Å². The number of cyclic esters (lactones) is 1. The molecule has 0 spiro atoms. The van der Waals surface area contributed by atoms with Crippen molar-refractivity contribution in [2.45, 2.75) is 6.42 Å². The molecule has 0 N–H and O–H groups in total. The molecule has 4 heteroatoms. The summed E-state index contributed by atoms with van der Waals surface area (Å²) in [6.07, 6.45) is 0.690. The van der Waals surface area contributed by atoms with E-state index in [1.165, 1.54) is 0 Å². The Labute approximate surface area is 64.9 Å². The van der Waals surface area contributed by atoms with E-state index in [-0.39, 0.29) is 6.09 Å². The molecule has 3 nitrogen and oxygen atoms in total. The van der Waals surface area contributed by atoms with E-state index in [0.29, 0.717) is 19.0 Å². The number of ether oxygens (including phenoxy) is 1. The molecule has 0 aliphatic carbocycles. The lowest BCUT2D eigenvalue weighted by molar-refractivity contribution is 0.0755. The number of hydrogen-bond donors (Lipinski definition) is 0. The molecule has 0 radical (unpaired) electrons. The van der Waals surface area contributed by atoms with Gasteiger partial charge in [-0.3, -0.25) is 0 Å². The second-order valence-corrected chi connectivity index (χ2v) is 2.52. The van der Waals surface area contributed by atoms with Gasteiger partial charge in [-0.15, -0.1) is 11.6 Å². The average molecular weight is 164 g/mol. The van der Waals surface area contributed by atoms with Crippen molar-refractivity contribution >= 4 is 17.7 Å². The fraction of sp³-hybridized carbons (Fsp3) is 0.833. The highest BCUT2D eigenvalue weighted by atomic mass is 35.5. The smallest absolute Gasteiger partial charge is 0.409 e. The first-order chi connectivity index (χ1) is 4.84. The van der Waals surface area contributed by atoms with E-state index < -0.39 is 0 Å². The van der Waals surface area contributed by atoms with Gasteiger partial charge in [0.1, 0.15) is 0 Å². The first-order valence-electron chi connectivity index (χ1n) is 3.32. The highest BCUT2D eigenvalue weighted by Crippen LogP contribution is 2.03. The summed E-state index contributed by atoms with van der Waals surface area (Å²) in [4.78, 5) is 12.5. The van der Waals surface area contributed by atoms with Gasteiger partial charge < -0.3 is 9.64 Å². The molecule has 0 saturated carbocycles. The Kier molecular flexibility index (Phi) is 2.81. The van der Waals surface area contributed by atoms with Crippen LogP contribution in [0.4, 0.5) is 4.79 Å². The van der Waals surface area contributed by atoms with E-state index in [0.717, 1.165) is 13.0 Å². The predicted octanol–water partition coefficient (Wildman–Crippen LogP) is 1.07. The Morgan fingerprint density at radius 2 is 2.50 bits per heavy atom. The lowest BCUT2D eigenvalue weighted by Gasteiger charge is -2.25. The van der Waals surface area contributed by atoms with E-state index in [1.54, 1.807) is 4.90 Å². The molecule has 1 heterocycles. The van der Waals surface area contributed by atoms with Crippen molar-refractivity contribution in [2.75, 3.05) is 25.6 Å². The molecular formula is C6H10ClNO2. The topological polar surface area (TPSA) is 29.5 Å². The summed E-state index contributed by atoms with van der Waals surface area (Å²) >= 11 is 5.45. The third-order valence-electron chi connectivity index (χ3n) is 1.41. The molecule has 1 rings (SSSR count). The Morgan fingerprint density at radius 1 is 1.70 bits per heavy atom. The second-order valence-electron chi connectivity index (χ2n) is 2.14. The molecule has 1 saturated heterocycles. The molecule has 58 valence electrons. The van der Waals surface area contributed by atoms with Crippen LogP contribution in [0.3, 0.4) is 0 Å². The summed E-state index contributed by atoms with van der Waals surface area (Å²) in [5.74, 6) is 0.481. The fourth-order valence-electron chi connectivity index (χ4n) is 0.903. The van der Waals surface area contributed by atoms with Gasteiger partial charge in [-0.1, -0.05) is 0 Å². The van der Waals surface area contributed by atoms with Crippen LogP contribution in [-0.4, -0.2) is 36.6 Å². The first kappa shape index (κ1) is 7.66. The molecule has 0 aromatic carbocycles. The minimum Gasteiger partial charge on any atom is -0.449 e. The number of carbonyl (C=O) groups is 1. The van der Waals surface area contributed by atoms with Crippen molar-refractivity contribution in [1.82, 2.24) is 4.90 Å². The molecule has 0 atom stereocenters. The summed E-state index contributed by atoms with van der Waals surface area (Å²) in [5, 5.41) is 0. The SMILES string of the molecule is O=C1OCCCN1CCCl. The lowest BCUT2D eigenvalue weighted by atomic mass is 10.4. The van der Waals surface area contributed by atoms with Gasteiger partial charge in [0.15, 0.2) is 0 Å². The number of nitrogens with zero attached hydrogens (tertiary/aromatic N) is 1. The molecule has 0 aromatic heterocycles. The first-order valence-corrected chi connectivity index (χ1v) is 3.85. The van der Waals surface area contributed by atoms with E-state index >= 15 is 0 Å². The van der Waals surface area contributed by atoms with Crippen LogP contribution in [0.25, 0.3) is 0 Å². The zero-order chi connectivity index (χ0) is 7.40. The quantitative estimate of drug-likeness (QED) is 0.570. The molecule has 10 heavy (non-hydrogen) atoms. The number of rotatable bonds is 2. The van der Waals surface area contributed by atoms with Crippen LogP contribution in [0.15, 0.2) is 0 Å². The third kappa shape index (κ3) is 1.77. The average Bonchev–Trinajstić information content (AvgIpc) is 1.94. The maximum atomic E-state index is 10.8. The largest absolute Gasteiger partial charge is 0.449 e. The van der Waals surface area contributed by atoms with E-state index in [2.05, 4.69) is 0 Å². The van der Waals surface area contributed by atoms with Gasteiger partial charge in [0, 0.05) is 19.0 Å². The molecule has 1 aliphatic rings. The molecule has 1 amide bonds. The van der Waals surface area contributed by atoms with Crippen LogP contribution in [0, 0.1) is 0 Å². The van der Waals surface area contributed by atoms with Crippen molar-refractivity contribution in [3.8, 4) is 0 Å². The Balaban J connectivity index is 2.32. The van der Waals surface area contributed by atoms with Gasteiger partial charge in [0.05, 0.1) is 6.61 Å². The molecule has 0 aromatic rings. The monoisotopic (exact) mass is 163 g/mol. The summed E-state index contributed by atoms with van der Waals surface area (Å²) < 4.78 is 4.77. The fourth-order valence-corrected chi connectivity index (χ4v) is 1.11. The maximum absolute atomic E-state index is 10.8. The van der Waals surface area contributed by atoms with Crippen molar-refractivity contribution in [3.05, 3.63) is 0 Å². The van der Waals surface area contributed by atoms with Crippen LogP contribution >= 0.6 is 11.6 Å². The van der Waals surface area contributed by atoms with Gasteiger partial charge in [0.25, 0.3) is 0 Å². The van der Waals surface area contributed by atoms with Crippen LogP contribution < -0.4 is 0 Å². The second kappa shape index (κ2) is 3.66. The normalized spacial score (nSPS) is 18.9. The third-order valence-corrected chi connectivity index (χ3v) is 1.58. The van der Waals surface area contributed by atoms with Gasteiger partial charge >= 0.3 is 6.09 Å². The zero-order valence-electron chi connectivity index (χ0n) is 5.68. The van der Waals surface area contributed by atoms with E-state index in [4.69, 9.17) is 16.3 Å². The number of alkyl halides is 1. The summed E-state index contributed by atoms with van der Waals surface area (Å²) in [5.41, 5.74) is 0. The molecular weight excluding hydrogens is 154 g/mol. The molecule has 0 unspecified atom stereocenters. The van der Waals surface area contributed by atoms with Crippen molar-refractivity contribution in [2.24, 2.45) is 0 Å². The zero-order valence-corrected chi connectivity index (χ0v) is 6.43. The number of hydrogen-bond acceptors (Lipinski definition) is 2. The summed E-state index contributed by atoms with van der Waals surface area (Å²) in [7, 11) is 0. The van der Waals surface area contributed by atoms with Crippen LogP contribution in [0.1, 0.15) is 6.42 Å². The number of amides is 1.